The number of nitriles is 1. The van der Waals surface area contributed by atoms with Crippen LogP contribution in [0, 0.1) is 11.3 Å². The Hall–Kier alpha value is -1.68. The number of hydrogen-bond donors (Lipinski definition) is 2. The molecule has 106 valence electrons. The molecule has 1 aliphatic rings. The quantitative estimate of drug-likeness (QED) is 0.830. The van der Waals surface area contributed by atoms with Gasteiger partial charge in [-0.2, -0.15) is 5.26 Å². The summed E-state index contributed by atoms with van der Waals surface area (Å²) < 4.78 is 11.1. The molecule has 20 heavy (non-hydrogen) atoms. The van der Waals surface area contributed by atoms with Crippen LogP contribution in [0.2, 0.25) is 0 Å². The second-order valence-electron chi connectivity index (χ2n) is 4.98. The number of nitrogens with one attached hydrogen (secondary N) is 2. The summed E-state index contributed by atoms with van der Waals surface area (Å²) >= 11 is 5.21. The number of thiocarbonyl (C=S) groups is 1. The smallest absolute Gasteiger partial charge is 0.170 e. The standard InChI is InChI=1S/C14H17N3O2S/c1-14(2)18-9-12(19-14)8-16-13(20)17-11-5-3-4-10(6-11)7-15/h3-6,12H,8-9H2,1-2H3,(H2,16,17,20). The largest absolute Gasteiger partial charge is 0.360 e. The van der Waals surface area contributed by atoms with Crippen molar-refractivity contribution in [2.24, 2.45) is 0 Å². The van der Waals surface area contributed by atoms with Crippen molar-refractivity contribution in [2.75, 3.05) is 18.5 Å². The lowest BCUT2D eigenvalue weighted by Gasteiger charge is -2.18. The first-order valence-electron chi connectivity index (χ1n) is 6.35. The van der Waals surface area contributed by atoms with Crippen LogP contribution < -0.4 is 10.6 Å². The maximum Gasteiger partial charge on any atom is 0.170 e. The highest BCUT2D eigenvalue weighted by Gasteiger charge is 2.32. The summed E-state index contributed by atoms with van der Waals surface area (Å²) in [5.41, 5.74) is 1.37. The molecule has 0 spiro atoms. The van der Waals surface area contributed by atoms with Gasteiger partial charge in [-0.25, -0.2) is 0 Å². The van der Waals surface area contributed by atoms with Gasteiger partial charge in [-0.15, -0.1) is 0 Å². The van der Waals surface area contributed by atoms with E-state index in [1.807, 2.05) is 19.9 Å². The Balaban J connectivity index is 1.80. The Morgan fingerprint density at radius 2 is 2.35 bits per heavy atom. The highest BCUT2D eigenvalue weighted by molar-refractivity contribution is 7.80. The monoisotopic (exact) mass is 291 g/mol. The van der Waals surface area contributed by atoms with Crippen molar-refractivity contribution in [1.82, 2.24) is 5.32 Å². The van der Waals surface area contributed by atoms with E-state index in [1.54, 1.807) is 18.2 Å². The van der Waals surface area contributed by atoms with Crippen LogP contribution in [0.5, 0.6) is 0 Å². The summed E-state index contributed by atoms with van der Waals surface area (Å²) in [7, 11) is 0. The fraction of sp³-hybridized carbons (Fsp3) is 0.429. The van der Waals surface area contributed by atoms with Crippen LogP contribution in [0.4, 0.5) is 5.69 Å². The van der Waals surface area contributed by atoms with E-state index in [-0.39, 0.29) is 6.10 Å². The number of ether oxygens (including phenoxy) is 2. The van der Waals surface area contributed by atoms with Crippen molar-refractivity contribution in [3.05, 3.63) is 29.8 Å². The maximum absolute atomic E-state index is 8.84. The Morgan fingerprint density at radius 1 is 1.55 bits per heavy atom. The molecule has 1 atom stereocenters. The first kappa shape index (κ1) is 14.7. The Kier molecular flexibility index (Phi) is 4.55. The van der Waals surface area contributed by atoms with Crippen molar-refractivity contribution >= 4 is 23.0 Å². The fourth-order valence-electron chi connectivity index (χ4n) is 1.91. The molecule has 0 bridgehead atoms. The molecule has 1 aromatic carbocycles. The predicted octanol–water partition coefficient (Wildman–Crippen LogP) is 2.00. The molecule has 0 aromatic heterocycles. The summed E-state index contributed by atoms with van der Waals surface area (Å²) in [4.78, 5) is 0. The van der Waals surface area contributed by atoms with Crippen LogP contribution in [0.25, 0.3) is 0 Å². The molecular weight excluding hydrogens is 274 g/mol. The Morgan fingerprint density at radius 3 is 3.00 bits per heavy atom. The topological polar surface area (TPSA) is 66.3 Å². The van der Waals surface area contributed by atoms with Crippen LogP contribution >= 0.6 is 12.2 Å². The third-order valence-corrected chi connectivity index (χ3v) is 3.05. The van der Waals surface area contributed by atoms with Gasteiger partial charge in [-0.3, -0.25) is 0 Å². The van der Waals surface area contributed by atoms with Gasteiger partial charge in [0.15, 0.2) is 10.9 Å². The lowest BCUT2D eigenvalue weighted by atomic mass is 10.2. The highest BCUT2D eigenvalue weighted by atomic mass is 32.1. The molecule has 0 aliphatic carbocycles. The first-order chi connectivity index (χ1) is 9.48. The molecule has 6 heteroatoms. The normalized spacial score (nSPS) is 20.1. The summed E-state index contributed by atoms with van der Waals surface area (Å²) in [6, 6.07) is 9.23. The molecule has 0 saturated carbocycles. The summed E-state index contributed by atoms with van der Waals surface area (Å²) in [6.07, 6.45) is -0.0183. The lowest BCUT2D eigenvalue weighted by molar-refractivity contribution is -0.137. The average molecular weight is 291 g/mol. The molecule has 5 nitrogen and oxygen atoms in total. The van der Waals surface area contributed by atoms with Crippen molar-refractivity contribution < 1.29 is 9.47 Å². The molecule has 1 fully saturated rings. The zero-order valence-electron chi connectivity index (χ0n) is 11.5. The van der Waals surface area contributed by atoms with E-state index in [9.17, 15) is 0 Å². The van der Waals surface area contributed by atoms with Crippen LogP contribution in [-0.2, 0) is 9.47 Å². The second-order valence-corrected chi connectivity index (χ2v) is 5.39. The molecule has 0 amide bonds. The van der Waals surface area contributed by atoms with E-state index in [0.29, 0.717) is 23.8 Å². The van der Waals surface area contributed by atoms with Crippen LogP contribution in [0.1, 0.15) is 19.4 Å². The molecule has 1 unspecified atom stereocenters. The molecule has 2 N–H and O–H groups in total. The third-order valence-electron chi connectivity index (χ3n) is 2.81. The van der Waals surface area contributed by atoms with Gasteiger partial charge in [0.2, 0.25) is 0 Å². The van der Waals surface area contributed by atoms with Gasteiger partial charge in [0.25, 0.3) is 0 Å². The molecule has 0 radical (unpaired) electrons. The number of anilines is 1. The van der Waals surface area contributed by atoms with Crippen LogP contribution in [0.3, 0.4) is 0 Å². The van der Waals surface area contributed by atoms with Gasteiger partial charge >= 0.3 is 0 Å². The van der Waals surface area contributed by atoms with Gasteiger partial charge in [-0.1, -0.05) is 6.07 Å². The summed E-state index contributed by atoms with van der Waals surface area (Å²) in [5, 5.41) is 15.4. The molecule has 1 aromatic rings. The van der Waals surface area contributed by atoms with E-state index in [2.05, 4.69) is 16.7 Å². The molecule has 2 rings (SSSR count). The molecule has 1 aliphatic heterocycles. The predicted molar refractivity (Wildman–Crippen MR) is 80.3 cm³/mol. The number of nitrogens with zero attached hydrogens (tertiary/aromatic N) is 1. The van der Waals surface area contributed by atoms with Crippen molar-refractivity contribution in [3.63, 3.8) is 0 Å². The molecular formula is C14H17N3O2S. The minimum atomic E-state index is -0.525. The van der Waals surface area contributed by atoms with Crippen molar-refractivity contribution in [1.29, 1.82) is 5.26 Å². The minimum Gasteiger partial charge on any atom is -0.360 e. The van der Waals surface area contributed by atoms with Crippen molar-refractivity contribution in [2.45, 2.75) is 25.7 Å². The fourth-order valence-corrected chi connectivity index (χ4v) is 2.11. The van der Waals surface area contributed by atoms with Gasteiger partial charge in [0, 0.05) is 12.2 Å². The zero-order chi connectivity index (χ0) is 14.6. The second kappa shape index (κ2) is 6.18. The Labute approximate surface area is 123 Å². The number of rotatable bonds is 3. The van der Waals surface area contributed by atoms with Gasteiger partial charge < -0.3 is 20.1 Å². The average Bonchev–Trinajstić information content (AvgIpc) is 2.76. The number of hydrogen-bond acceptors (Lipinski definition) is 4. The van der Waals surface area contributed by atoms with Crippen molar-refractivity contribution in [3.8, 4) is 6.07 Å². The lowest BCUT2D eigenvalue weighted by Crippen LogP contribution is -2.36. The summed E-state index contributed by atoms with van der Waals surface area (Å²) in [6.45, 7) is 4.90. The Bertz CT molecular complexity index is 539. The van der Waals surface area contributed by atoms with E-state index < -0.39 is 5.79 Å². The number of benzene rings is 1. The van der Waals surface area contributed by atoms with Gasteiger partial charge in [0.05, 0.1) is 18.2 Å². The van der Waals surface area contributed by atoms with E-state index in [1.165, 1.54) is 0 Å². The SMILES string of the molecule is CC1(C)OCC(CNC(=S)Nc2cccc(C#N)c2)O1. The van der Waals surface area contributed by atoms with Gasteiger partial charge in [0.1, 0.15) is 6.10 Å². The first-order valence-corrected chi connectivity index (χ1v) is 6.76. The third kappa shape index (κ3) is 4.17. The minimum absolute atomic E-state index is 0.0183. The van der Waals surface area contributed by atoms with E-state index >= 15 is 0 Å². The highest BCUT2D eigenvalue weighted by Crippen LogP contribution is 2.21. The maximum atomic E-state index is 8.84. The van der Waals surface area contributed by atoms with E-state index in [4.69, 9.17) is 27.0 Å². The molecule has 1 saturated heterocycles. The zero-order valence-corrected chi connectivity index (χ0v) is 12.3. The van der Waals surface area contributed by atoms with Crippen LogP contribution in [-0.4, -0.2) is 30.2 Å². The summed E-state index contributed by atoms with van der Waals surface area (Å²) in [5.74, 6) is -0.525. The van der Waals surface area contributed by atoms with Crippen LogP contribution in [0.15, 0.2) is 24.3 Å². The van der Waals surface area contributed by atoms with E-state index in [0.717, 1.165) is 5.69 Å². The van der Waals surface area contributed by atoms with Gasteiger partial charge in [-0.05, 0) is 44.3 Å². The molecule has 1 heterocycles.